The minimum atomic E-state index is -4.30. The van der Waals surface area contributed by atoms with Gasteiger partial charge in [-0.1, -0.05) is 18.2 Å². The van der Waals surface area contributed by atoms with E-state index in [0.717, 1.165) is 48.4 Å². The Bertz CT molecular complexity index is 875. The number of piperidine rings is 1. The number of allylic oxidation sites excluding steroid dienone is 4. The normalized spacial score (nSPS) is 21.7. The molecule has 148 valence electrons. The van der Waals surface area contributed by atoms with Gasteiger partial charge < -0.3 is 4.90 Å². The van der Waals surface area contributed by atoms with E-state index in [0.29, 0.717) is 12.3 Å². The summed E-state index contributed by atoms with van der Waals surface area (Å²) in [5, 5.41) is 7.80. The van der Waals surface area contributed by atoms with Crippen LogP contribution in [0.4, 0.5) is 13.2 Å². The van der Waals surface area contributed by atoms with Crippen LogP contribution in [0.3, 0.4) is 0 Å². The monoisotopic (exact) mass is 388 g/mol. The third-order valence-electron chi connectivity index (χ3n) is 5.69. The Morgan fingerprint density at radius 1 is 1.14 bits per heavy atom. The number of pyridine rings is 1. The van der Waals surface area contributed by atoms with Gasteiger partial charge in [-0.25, -0.2) is 0 Å². The van der Waals surface area contributed by atoms with E-state index in [-0.39, 0.29) is 5.92 Å². The molecule has 1 N–H and O–H groups in total. The summed E-state index contributed by atoms with van der Waals surface area (Å²) < 4.78 is 38.8. The molecule has 1 fully saturated rings. The topological polar surface area (TPSA) is 44.8 Å². The van der Waals surface area contributed by atoms with Crippen molar-refractivity contribution in [1.29, 1.82) is 0 Å². The second-order valence-electron chi connectivity index (χ2n) is 7.57. The molecule has 0 bridgehead atoms. The average molecular weight is 388 g/mol. The number of likely N-dealkylation sites (tertiary alicyclic amines) is 1. The highest BCUT2D eigenvalue weighted by Crippen LogP contribution is 2.41. The van der Waals surface area contributed by atoms with Gasteiger partial charge >= 0.3 is 6.18 Å². The average Bonchev–Trinajstić information content (AvgIpc) is 3.14. The summed E-state index contributed by atoms with van der Waals surface area (Å²) in [5.74, 6) is 0.194. The highest BCUT2D eigenvalue weighted by Gasteiger charge is 2.34. The Hall–Kier alpha value is -2.41. The van der Waals surface area contributed by atoms with Gasteiger partial charge in [-0.3, -0.25) is 10.1 Å². The number of nitrogens with zero attached hydrogens (tertiary/aromatic N) is 3. The van der Waals surface area contributed by atoms with Gasteiger partial charge in [-0.15, -0.1) is 0 Å². The molecule has 1 atom stereocenters. The second-order valence-corrected chi connectivity index (χ2v) is 7.57. The fourth-order valence-corrected chi connectivity index (χ4v) is 4.08. The lowest BCUT2D eigenvalue weighted by Gasteiger charge is -2.28. The number of hydrogen-bond donors (Lipinski definition) is 1. The fraction of sp³-hybridized carbons (Fsp3) is 0.429. The van der Waals surface area contributed by atoms with E-state index in [1.54, 1.807) is 18.5 Å². The molecule has 7 heteroatoms. The zero-order valence-corrected chi connectivity index (χ0v) is 15.7. The van der Waals surface area contributed by atoms with E-state index in [1.807, 2.05) is 12.1 Å². The van der Waals surface area contributed by atoms with Crippen molar-refractivity contribution in [2.24, 2.45) is 0 Å². The van der Waals surface area contributed by atoms with Crippen molar-refractivity contribution < 1.29 is 13.2 Å². The van der Waals surface area contributed by atoms with Gasteiger partial charge in [0.25, 0.3) is 0 Å². The first-order chi connectivity index (χ1) is 13.4. The lowest BCUT2D eigenvalue weighted by Crippen LogP contribution is -2.29. The minimum Gasteiger partial charge on any atom is -0.306 e. The molecular formula is C21H23F3N4. The maximum Gasteiger partial charge on any atom is 0.416 e. The number of rotatable bonds is 3. The number of aromatic amines is 1. The first-order valence-electron chi connectivity index (χ1n) is 9.56. The van der Waals surface area contributed by atoms with Crippen LogP contribution < -0.4 is 0 Å². The van der Waals surface area contributed by atoms with Crippen LogP contribution in [0.1, 0.15) is 42.5 Å². The Morgan fingerprint density at radius 3 is 2.46 bits per heavy atom. The van der Waals surface area contributed by atoms with Crippen molar-refractivity contribution >= 4 is 0 Å². The van der Waals surface area contributed by atoms with Crippen LogP contribution in [0.25, 0.3) is 11.1 Å². The van der Waals surface area contributed by atoms with Gasteiger partial charge in [-0.2, -0.15) is 18.3 Å². The molecule has 2 aromatic heterocycles. The highest BCUT2D eigenvalue weighted by molar-refractivity contribution is 5.70. The van der Waals surface area contributed by atoms with Gasteiger partial charge in [0, 0.05) is 29.8 Å². The molecule has 3 heterocycles. The summed E-state index contributed by atoms with van der Waals surface area (Å²) in [4.78, 5) is 6.41. The smallest absolute Gasteiger partial charge is 0.306 e. The zero-order chi connectivity index (χ0) is 19.7. The van der Waals surface area contributed by atoms with Gasteiger partial charge in [0.05, 0.1) is 17.0 Å². The van der Waals surface area contributed by atoms with Gasteiger partial charge in [0.2, 0.25) is 0 Å². The zero-order valence-electron chi connectivity index (χ0n) is 15.7. The summed E-state index contributed by atoms with van der Waals surface area (Å²) in [5.41, 5.74) is 3.36. The first kappa shape index (κ1) is 18.9. The van der Waals surface area contributed by atoms with E-state index < -0.39 is 11.7 Å². The molecule has 1 aliphatic heterocycles. The largest absolute Gasteiger partial charge is 0.416 e. The molecule has 1 saturated heterocycles. The molecule has 0 aromatic carbocycles. The van der Waals surface area contributed by atoms with E-state index in [2.05, 4.69) is 27.1 Å². The van der Waals surface area contributed by atoms with Crippen molar-refractivity contribution in [2.75, 3.05) is 20.1 Å². The molecule has 0 saturated carbocycles. The predicted molar refractivity (Wildman–Crippen MR) is 102 cm³/mol. The van der Waals surface area contributed by atoms with Crippen LogP contribution in [-0.2, 0) is 0 Å². The summed E-state index contributed by atoms with van der Waals surface area (Å²) in [6, 6.07) is 3.88. The lowest BCUT2D eigenvalue weighted by molar-refractivity contribution is -0.0886. The summed E-state index contributed by atoms with van der Waals surface area (Å²) in [6.07, 6.45) is 5.62. The molecule has 1 unspecified atom stereocenters. The van der Waals surface area contributed by atoms with E-state index in [1.165, 1.54) is 12.2 Å². The van der Waals surface area contributed by atoms with Crippen LogP contribution in [0.5, 0.6) is 0 Å². The Kier molecular flexibility index (Phi) is 5.10. The van der Waals surface area contributed by atoms with Crippen LogP contribution in [0.2, 0.25) is 0 Å². The van der Waals surface area contributed by atoms with E-state index >= 15 is 0 Å². The molecule has 0 amide bonds. The third-order valence-corrected chi connectivity index (χ3v) is 5.69. The molecule has 1 aliphatic carbocycles. The third kappa shape index (κ3) is 3.76. The molecule has 2 aromatic rings. The van der Waals surface area contributed by atoms with E-state index in [4.69, 9.17) is 0 Å². The molecule has 2 aliphatic rings. The Balaban J connectivity index is 1.69. The molecule has 0 radical (unpaired) electrons. The van der Waals surface area contributed by atoms with Crippen molar-refractivity contribution in [3.8, 4) is 11.1 Å². The van der Waals surface area contributed by atoms with Crippen LogP contribution in [-0.4, -0.2) is 46.4 Å². The lowest BCUT2D eigenvalue weighted by atomic mass is 9.85. The quantitative estimate of drug-likeness (QED) is 0.820. The summed E-state index contributed by atoms with van der Waals surface area (Å²) in [7, 11) is 2.12. The SMILES string of the molecule is CN1CCC(c2n[nH]c(C3C=CC(C(F)(F)F)=CC3)c2-c2ccncc2)CC1. The molecule has 4 rings (SSSR count). The predicted octanol–water partition coefficient (Wildman–Crippen LogP) is 4.81. The van der Waals surface area contributed by atoms with E-state index in [9.17, 15) is 13.2 Å². The van der Waals surface area contributed by atoms with Crippen molar-refractivity contribution in [2.45, 2.75) is 37.3 Å². The summed E-state index contributed by atoms with van der Waals surface area (Å²) >= 11 is 0. The van der Waals surface area contributed by atoms with Gasteiger partial charge in [0.15, 0.2) is 0 Å². The van der Waals surface area contributed by atoms with Gasteiger partial charge in [0.1, 0.15) is 0 Å². The number of H-pyrrole nitrogens is 1. The molecule has 4 nitrogen and oxygen atoms in total. The highest BCUT2D eigenvalue weighted by atomic mass is 19.4. The van der Waals surface area contributed by atoms with Crippen LogP contribution >= 0.6 is 0 Å². The molecule has 28 heavy (non-hydrogen) atoms. The number of hydrogen-bond acceptors (Lipinski definition) is 3. The maximum atomic E-state index is 12.9. The molecule has 0 spiro atoms. The summed E-state index contributed by atoms with van der Waals surface area (Å²) in [6.45, 7) is 2.04. The van der Waals surface area contributed by atoms with Crippen molar-refractivity contribution in [1.82, 2.24) is 20.1 Å². The van der Waals surface area contributed by atoms with Crippen LogP contribution in [0, 0.1) is 0 Å². The fourth-order valence-electron chi connectivity index (χ4n) is 4.08. The van der Waals surface area contributed by atoms with Gasteiger partial charge in [-0.05, 0) is 57.1 Å². The number of aromatic nitrogens is 3. The van der Waals surface area contributed by atoms with Crippen LogP contribution in [0.15, 0.2) is 48.3 Å². The first-order valence-corrected chi connectivity index (χ1v) is 9.56. The number of nitrogens with one attached hydrogen (secondary N) is 1. The van der Waals surface area contributed by atoms with Crippen molar-refractivity contribution in [3.63, 3.8) is 0 Å². The van der Waals surface area contributed by atoms with Crippen molar-refractivity contribution in [3.05, 3.63) is 59.7 Å². The standard InChI is InChI=1S/C21H23F3N4/c1-28-12-8-16(9-13-28)20-18(14-6-10-25-11-7-14)19(26-27-20)15-2-4-17(5-3-15)21(22,23)24/h2,4-7,10-11,15-16H,3,8-9,12-13H2,1H3,(H,26,27). The minimum absolute atomic E-state index is 0.151. The molecular weight excluding hydrogens is 365 g/mol. The second kappa shape index (κ2) is 7.54. The number of alkyl halides is 3. The Labute approximate surface area is 162 Å². The Morgan fingerprint density at radius 2 is 1.86 bits per heavy atom. The number of halogens is 3. The maximum absolute atomic E-state index is 12.9.